The number of hydrogen-bond acceptors (Lipinski definition) is 4. The van der Waals surface area contributed by atoms with Crippen molar-refractivity contribution in [1.82, 2.24) is 10.2 Å². The van der Waals surface area contributed by atoms with E-state index in [0.717, 1.165) is 62.7 Å². The predicted octanol–water partition coefficient (Wildman–Crippen LogP) is 4.57. The molecule has 1 heterocycles. The number of halogens is 3. The largest absolute Gasteiger partial charge is 0.496 e. The molecule has 0 bridgehead atoms. The summed E-state index contributed by atoms with van der Waals surface area (Å²) in [4.78, 5) is 15.8. The number of thioether (sulfide) groups is 1. The van der Waals surface area contributed by atoms with Crippen LogP contribution in [-0.2, 0) is 6.18 Å². The van der Waals surface area contributed by atoms with Gasteiger partial charge >= 0.3 is 6.18 Å². The number of carbonyl (C=O) groups excluding carboxylic acids is 1. The number of methoxy groups -OCH3 is 1. The lowest BCUT2D eigenvalue weighted by Crippen LogP contribution is -2.52. The number of benzene rings is 1. The summed E-state index contributed by atoms with van der Waals surface area (Å²) in [5.74, 6) is -0.392. The molecule has 0 aromatic heterocycles. The minimum atomic E-state index is -4.49. The second-order valence-corrected chi connectivity index (χ2v) is 8.28. The lowest BCUT2D eigenvalue weighted by Gasteiger charge is -2.38. The molecule has 0 unspecified atom stereocenters. The fourth-order valence-corrected chi connectivity index (χ4v) is 4.97. The van der Waals surface area contributed by atoms with Crippen LogP contribution in [0.5, 0.6) is 5.75 Å². The molecule has 1 saturated carbocycles. The third kappa shape index (κ3) is 4.59. The molecule has 2 fully saturated rings. The summed E-state index contributed by atoms with van der Waals surface area (Å²) in [6, 6.07) is 2.26. The highest BCUT2D eigenvalue weighted by molar-refractivity contribution is 7.98. The Balaban J connectivity index is 1.86. The SMILES string of the molecule is COc1cc(C(F)(F)F)cc(SC)c1C(=O)N[C@H]1CCCC[C@H]1N1CCCC1. The molecule has 4 nitrogen and oxygen atoms in total. The number of rotatable bonds is 5. The van der Waals surface area contributed by atoms with Crippen molar-refractivity contribution in [3.8, 4) is 5.75 Å². The number of hydrogen-bond donors (Lipinski definition) is 1. The van der Waals surface area contributed by atoms with Gasteiger partial charge < -0.3 is 10.1 Å². The maximum atomic E-state index is 13.2. The lowest BCUT2D eigenvalue weighted by atomic mass is 9.89. The maximum absolute atomic E-state index is 13.2. The summed E-state index contributed by atoms with van der Waals surface area (Å²) in [5, 5.41) is 3.11. The van der Waals surface area contributed by atoms with E-state index in [1.54, 1.807) is 6.26 Å². The number of ether oxygens (including phenoxy) is 1. The van der Waals surface area contributed by atoms with Gasteiger partial charge in [0.2, 0.25) is 0 Å². The van der Waals surface area contributed by atoms with Gasteiger partial charge in [0.25, 0.3) is 5.91 Å². The Morgan fingerprint density at radius 3 is 2.46 bits per heavy atom. The molecule has 0 radical (unpaired) electrons. The average molecular weight is 417 g/mol. The predicted molar refractivity (Wildman–Crippen MR) is 104 cm³/mol. The van der Waals surface area contributed by atoms with E-state index in [1.807, 2.05) is 0 Å². The molecule has 2 aliphatic rings. The number of nitrogens with one attached hydrogen (secondary N) is 1. The third-order valence-corrected chi connectivity index (χ3v) is 6.48. The Labute approximate surface area is 168 Å². The summed E-state index contributed by atoms with van der Waals surface area (Å²) in [6.07, 6.45) is 3.67. The Hall–Kier alpha value is -1.41. The second kappa shape index (κ2) is 8.95. The van der Waals surface area contributed by atoms with E-state index in [4.69, 9.17) is 4.74 Å². The van der Waals surface area contributed by atoms with Gasteiger partial charge in [0.1, 0.15) is 5.75 Å². The van der Waals surface area contributed by atoms with E-state index < -0.39 is 11.7 Å². The zero-order valence-corrected chi connectivity index (χ0v) is 17.1. The van der Waals surface area contributed by atoms with Crippen LogP contribution in [0, 0.1) is 0 Å². The topological polar surface area (TPSA) is 41.6 Å². The number of alkyl halides is 3. The highest BCUT2D eigenvalue weighted by atomic mass is 32.2. The Kier molecular flexibility index (Phi) is 6.81. The van der Waals surface area contributed by atoms with Crippen LogP contribution in [0.15, 0.2) is 17.0 Å². The normalized spacial score (nSPS) is 23.6. The first-order valence-electron chi connectivity index (χ1n) is 9.73. The van der Waals surface area contributed by atoms with Crippen molar-refractivity contribution in [3.05, 3.63) is 23.3 Å². The Morgan fingerprint density at radius 2 is 1.86 bits per heavy atom. The van der Waals surface area contributed by atoms with Gasteiger partial charge in [-0.2, -0.15) is 13.2 Å². The van der Waals surface area contributed by atoms with Crippen molar-refractivity contribution in [1.29, 1.82) is 0 Å². The van der Waals surface area contributed by atoms with Crippen LogP contribution in [0.2, 0.25) is 0 Å². The van der Waals surface area contributed by atoms with Crippen LogP contribution < -0.4 is 10.1 Å². The second-order valence-electron chi connectivity index (χ2n) is 7.43. The molecule has 2 atom stereocenters. The third-order valence-electron chi connectivity index (χ3n) is 5.72. The summed E-state index contributed by atoms with van der Waals surface area (Å²) in [6.45, 7) is 2.10. The molecule has 3 rings (SSSR count). The van der Waals surface area contributed by atoms with Crippen molar-refractivity contribution >= 4 is 17.7 Å². The number of likely N-dealkylation sites (tertiary alicyclic amines) is 1. The number of nitrogens with zero attached hydrogens (tertiary/aromatic N) is 1. The number of amides is 1. The average Bonchev–Trinajstić information content (AvgIpc) is 3.21. The first-order chi connectivity index (χ1) is 13.3. The summed E-state index contributed by atoms with van der Waals surface area (Å²) < 4.78 is 44.7. The molecule has 8 heteroatoms. The molecule has 1 saturated heterocycles. The van der Waals surface area contributed by atoms with E-state index in [9.17, 15) is 18.0 Å². The van der Waals surface area contributed by atoms with Crippen molar-refractivity contribution < 1.29 is 22.7 Å². The van der Waals surface area contributed by atoms with Crippen molar-refractivity contribution in [2.24, 2.45) is 0 Å². The molecule has 1 aromatic carbocycles. The van der Waals surface area contributed by atoms with Gasteiger partial charge in [0.15, 0.2) is 0 Å². The molecule has 1 aliphatic carbocycles. The fourth-order valence-electron chi connectivity index (χ4n) is 4.33. The number of carbonyl (C=O) groups is 1. The van der Waals surface area contributed by atoms with Gasteiger partial charge in [0.05, 0.1) is 18.2 Å². The van der Waals surface area contributed by atoms with E-state index in [0.29, 0.717) is 6.04 Å². The summed E-state index contributed by atoms with van der Waals surface area (Å²) >= 11 is 1.12. The Morgan fingerprint density at radius 1 is 1.18 bits per heavy atom. The fraction of sp³-hybridized carbons (Fsp3) is 0.650. The quantitative estimate of drug-likeness (QED) is 0.714. The monoisotopic (exact) mass is 416 g/mol. The van der Waals surface area contributed by atoms with Crippen LogP contribution in [0.4, 0.5) is 13.2 Å². The van der Waals surface area contributed by atoms with Crippen molar-refractivity contribution in [2.75, 3.05) is 26.5 Å². The van der Waals surface area contributed by atoms with Gasteiger partial charge in [-0.05, 0) is 57.2 Å². The van der Waals surface area contributed by atoms with E-state index in [1.165, 1.54) is 20.0 Å². The van der Waals surface area contributed by atoms with E-state index in [-0.39, 0.29) is 28.2 Å². The summed E-state index contributed by atoms with van der Waals surface area (Å²) in [5.41, 5.74) is -0.619. The summed E-state index contributed by atoms with van der Waals surface area (Å²) in [7, 11) is 1.30. The van der Waals surface area contributed by atoms with Crippen LogP contribution in [0.25, 0.3) is 0 Å². The van der Waals surface area contributed by atoms with Crippen LogP contribution in [-0.4, -0.2) is 49.3 Å². The molecule has 1 amide bonds. The van der Waals surface area contributed by atoms with Gasteiger partial charge in [0, 0.05) is 17.0 Å². The van der Waals surface area contributed by atoms with Crippen molar-refractivity contribution in [2.45, 2.75) is 61.7 Å². The zero-order chi connectivity index (χ0) is 20.3. The van der Waals surface area contributed by atoms with Gasteiger partial charge in [-0.1, -0.05) is 12.8 Å². The lowest BCUT2D eigenvalue weighted by molar-refractivity contribution is -0.137. The van der Waals surface area contributed by atoms with Gasteiger partial charge in [-0.3, -0.25) is 9.69 Å². The van der Waals surface area contributed by atoms with E-state index in [2.05, 4.69) is 10.2 Å². The van der Waals surface area contributed by atoms with Crippen LogP contribution in [0.3, 0.4) is 0 Å². The van der Waals surface area contributed by atoms with Crippen LogP contribution >= 0.6 is 11.8 Å². The first-order valence-corrected chi connectivity index (χ1v) is 11.0. The van der Waals surface area contributed by atoms with Crippen molar-refractivity contribution in [3.63, 3.8) is 0 Å². The minimum Gasteiger partial charge on any atom is -0.496 e. The minimum absolute atomic E-state index is 0.0149. The van der Waals surface area contributed by atoms with Crippen LogP contribution in [0.1, 0.15) is 54.4 Å². The molecule has 1 aromatic rings. The molecule has 28 heavy (non-hydrogen) atoms. The molecule has 156 valence electrons. The van der Waals surface area contributed by atoms with E-state index >= 15 is 0 Å². The first kappa shape index (κ1) is 21.3. The van der Waals surface area contributed by atoms with Gasteiger partial charge in [-0.15, -0.1) is 11.8 Å². The Bertz CT molecular complexity index is 680. The molecule has 0 spiro atoms. The highest BCUT2D eigenvalue weighted by Gasteiger charge is 2.36. The molecule has 1 aliphatic heterocycles. The molecular weight excluding hydrogens is 389 g/mol. The smallest absolute Gasteiger partial charge is 0.416 e. The molecule has 1 N–H and O–H groups in total. The maximum Gasteiger partial charge on any atom is 0.416 e. The van der Waals surface area contributed by atoms with Gasteiger partial charge in [-0.25, -0.2) is 0 Å². The standard InChI is InChI=1S/C20H27F3N2O2S/c1-27-16-11-13(20(21,22)23)12-17(28-2)18(16)19(26)24-14-7-3-4-8-15(14)25-9-5-6-10-25/h11-12,14-15H,3-10H2,1-2H3,(H,24,26)/t14-,15+/m0/s1. The highest BCUT2D eigenvalue weighted by Crippen LogP contribution is 2.38. The molecular formula is C20H27F3N2O2S. The zero-order valence-electron chi connectivity index (χ0n) is 16.3.